The standard InChI is InChI=1S/C36H42N2O5S/c1-36(2,3)43-35(40)37-21-19-25(20-22-37)11-13-27-14-18-34(38(23-24-39)44(27,41)42)33-10-6-9-29-31-15-12-26-7-4-5-8-28(26)30(31)16-17-32(29)33/h4-5,7-8,10,14,16-18,24-25H,6,9,11-13,15,19-23H2,1-3H3. The Balaban J connectivity index is 1.21. The molecule has 8 heteroatoms. The average Bonchev–Trinajstić information content (AvgIpc) is 3.00. The number of likely N-dealkylation sites (tertiary alicyclic amines) is 1. The van der Waals surface area contributed by atoms with Crippen molar-refractivity contribution < 1.29 is 22.7 Å². The third-order valence-corrected chi connectivity index (χ3v) is 11.2. The Hall–Kier alpha value is -3.65. The second kappa shape index (κ2) is 12.0. The number of nitrogens with zero attached hydrogens (tertiary/aromatic N) is 2. The molecule has 4 aliphatic rings. The van der Waals surface area contributed by atoms with Crippen LogP contribution in [0.1, 0.15) is 75.1 Å². The van der Waals surface area contributed by atoms with E-state index in [2.05, 4.69) is 42.5 Å². The van der Waals surface area contributed by atoms with Crippen molar-refractivity contribution in [3.8, 4) is 11.1 Å². The Morgan fingerprint density at radius 1 is 0.955 bits per heavy atom. The summed E-state index contributed by atoms with van der Waals surface area (Å²) in [7, 11) is -3.86. The van der Waals surface area contributed by atoms with Crippen LogP contribution in [0.25, 0.3) is 16.7 Å². The lowest BCUT2D eigenvalue weighted by atomic mass is 9.77. The molecule has 6 rings (SSSR count). The first-order chi connectivity index (χ1) is 21.1. The summed E-state index contributed by atoms with van der Waals surface area (Å²) in [5.41, 5.74) is 8.60. The summed E-state index contributed by atoms with van der Waals surface area (Å²) < 4.78 is 34.7. The van der Waals surface area contributed by atoms with E-state index >= 15 is 0 Å². The molecule has 0 N–H and O–H groups in total. The average molecular weight is 615 g/mol. The van der Waals surface area contributed by atoms with E-state index in [9.17, 15) is 18.0 Å². The van der Waals surface area contributed by atoms with E-state index in [4.69, 9.17) is 4.74 Å². The largest absolute Gasteiger partial charge is 0.444 e. The predicted octanol–water partition coefficient (Wildman–Crippen LogP) is 6.82. The van der Waals surface area contributed by atoms with Gasteiger partial charge in [-0.1, -0.05) is 42.5 Å². The molecule has 2 aliphatic carbocycles. The van der Waals surface area contributed by atoms with Gasteiger partial charge in [-0.2, -0.15) is 0 Å². The molecule has 1 amide bonds. The highest BCUT2D eigenvalue weighted by atomic mass is 32.2. The third-order valence-electron chi connectivity index (χ3n) is 9.31. The van der Waals surface area contributed by atoms with E-state index in [1.807, 2.05) is 26.8 Å². The summed E-state index contributed by atoms with van der Waals surface area (Å²) in [6.45, 7) is 6.58. The smallest absolute Gasteiger partial charge is 0.410 e. The topological polar surface area (TPSA) is 84.0 Å². The SMILES string of the molecule is CC(C)(C)OC(=O)N1CCC(CCC2=CC=C(C3=CCCc4c3ccc3c4CCc4ccccc4-3)N(CC=O)S2(=O)=O)CC1. The fourth-order valence-electron chi connectivity index (χ4n) is 7.13. The van der Waals surface area contributed by atoms with Gasteiger partial charge in [-0.15, -0.1) is 0 Å². The van der Waals surface area contributed by atoms with Gasteiger partial charge < -0.3 is 14.4 Å². The van der Waals surface area contributed by atoms with Gasteiger partial charge in [-0.3, -0.25) is 4.31 Å². The van der Waals surface area contributed by atoms with Crippen molar-refractivity contribution in [1.82, 2.24) is 9.21 Å². The molecule has 2 aromatic carbocycles. The number of rotatable bonds is 6. The Morgan fingerprint density at radius 2 is 1.68 bits per heavy atom. The number of allylic oxidation sites excluding steroid dienone is 5. The Morgan fingerprint density at radius 3 is 2.43 bits per heavy atom. The van der Waals surface area contributed by atoms with E-state index in [1.54, 1.807) is 11.0 Å². The second-order valence-electron chi connectivity index (χ2n) is 13.3. The molecule has 232 valence electrons. The van der Waals surface area contributed by atoms with Crippen LogP contribution in [0, 0.1) is 5.92 Å². The van der Waals surface area contributed by atoms with Crippen LogP contribution >= 0.6 is 0 Å². The molecule has 0 aromatic heterocycles. The summed E-state index contributed by atoms with van der Waals surface area (Å²) in [5, 5.41) is 0. The number of benzene rings is 2. The monoisotopic (exact) mass is 614 g/mol. The van der Waals surface area contributed by atoms with Gasteiger partial charge >= 0.3 is 6.09 Å². The highest BCUT2D eigenvalue weighted by Crippen LogP contribution is 2.44. The van der Waals surface area contributed by atoms with Crippen LogP contribution in [-0.4, -0.2) is 55.2 Å². The van der Waals surface area contributed by atoms with Crippen molar-refractivity contribution in [2.75, 3.05) is 19.6 Å². The first-order valence-electron chi connectivity index (χ1n) is 15.9. The summed E-state index contributed by atoms with van der Waals surface area (Å²) in [4.78, 5) is 26.3. The number of amides is 1. The highest BCUT2D eigenvalue weighted by molar-refractivity contribution is 7.93. The van der Waals surface area contributed by atoms with Gasteiger partial charge in [0, 0.05) is 18.7 Å². The number of hydrogen-bond acceptors (Lipinski definition) is 5. The fourth-order valence-corrected chi connectivity index (χ4v) is 8.71. The molecular formula is C36H42N2O5S. The Labute approximate surface area is 261 Å². The first kappa shape index (κ1) is 30.4. The van der Waals surface area contributed by atoms with Gasteiger partial charge in [0.05, 0.1) is 17.1 Å². The van der Waals surface area contributed by atoms with Crippen molar-refractivity contribution in [2.24, 2.45) is 5.92 Å². The lowest BCUT2D eigenvalue weighted by molar-refractivity contribution is -0.107. The van der Waals surface area contributed by atoms with E-state index in [-0.39, 0.29) is 12.6 Å². The fraction of sp³-hybridized carbons (Fsp3) is 0.444. The first-order valence-corrected chi connectivity index (χ1v) is 17.3. The molecule has 1 fully saturated rings. The van der Waals surface area contributed by atoms with E-state index in [1.165, 1.54) is 32.1 Å². The van der Waals surface area contributed by atoms with Gasteiger partial charge in [0.15, 0.2) is 0 Å². The molecule has 2 aliphatic heterocycles. The Bertz CT molecular complexity index is 1670. The molecule has 0 atom stereocenters. The molecule has 2 aromatic rings. The second-order valence-corrected chi connectivity index (χ2v) is 15.2. The normalized spacial score (nSPS) is 19.6. The molecule has 0 radical (unpaired) electrons. The molecular weight excluding hydrogens is 572 g/mol. The molecule has 0 saturated carbocycles. The zero-order valence-corrected chi connectivity index (χ0v) is 26.8. The molecule has 0 spiro atoms. The summed E-state index contributed by atoms with van der Waals surface area (Å²) in [5.74, 6) is 0.318. The minimum absolute atomic E-state index is 0.217. The lowest BCUT2D eigenvalue weighted by Gasteiger charge is -2.35. The van der Waals surface area contributed by atoms with Crippen LogP contribution in [0.15, 0.2) is 65.2 Å². The molecule has 1 saturated heterocycles. The van der Waals surface area contributed by atoms with E-state index < -0.39 is 15.6 Å². The summed E-state index contributed by atoms with van der Waals surface area (Å²) >= 11 is 0. The van der Waals surface area contributed by atoms with Crippen LogP contribution in [0.4, 0.5) is 4.79 Å². The van der Waals surface area contributed by atoms with Crippen LogP contribution in [-0.2, 0) is 38.8 Å². The number of aldehydes is 1. The number of hydrogen-bond donors (Lipinski definition) is 0. The molecule has 2 heterocycles. The van der Waals surface area contributed by atoms with Gasteiger partial charge in [-0.05, 0) is 124 Å². The molecule has 0 bridgehead atoms. The van der Waals surface area contributed by atoms with Crippen molar-refractivity contribution in [3.63, 3.8) is 0 Å². The van der Waals surface area contributed by atoms with Crippen LogP contribution in [0.3, 0.4) is 0 Å². The quantitative estimate of drug-likeness (QED) is 0.334. The number of fused-ring (bicyclic) bond motifs is 5. The van der Waals surface area contributed by atoms with Crippen molar-refractivity contribution >= 4 is 28.0 Å². The van der Waals surface area contributed by atoms with Gasteiger partial charge in [0.1, 0.15) is 11.9 Å². The third kappa shape index (κ3) is 5.88. The Kier molecular flexibility index (Phi) is 8.31. The summed E-state index contributed by atoms with van der Waals surface area (Å²) in [6, 6.07) is 12.9. The molecule has 7 nitrogen and oxygen atoms in total. The zero-order valence-electron chi connectivity index (χ0n) is 26.0. The number of carbonyl (C=O) groups excluding carboxylic acids is 2. The van der Waals surface area contributed by atoms with Gasteiger partial charge in [0.2, 0.25) is 0 Å². The van der Waals surface area contributed by atoms with Crippen molar-refractivity contribution in [2.45, 2.75) is 77.7 Å². The maximum Gasteiger partial charge on any atom is 0.410 e. The lowest BCUT2D eigenvalue weighted by Crippen LogP contribution is -2.41. The number of ether oxygens (including phenoxy) is 1. The summed E-state index contributed by atoms with van der Waals surface area (Å²) in [6.07, 6.45) is 12.6. The zero-order chi connectivity index (χ0) is 31.1. The minimum atomic E-state index is -3.86. The number of aryl methyl sites for hydroxylation is 1. The van der Waals surface area contributed by atoms with Gasteiger partial charge in [-0.25, -0.2) is 13.2 Å². The minimum Gasteiger partial charge on any atom is -0.444 e. The molecule has 0 unspecified atom stereocenters. The van der Waals surface area contributed by atoms with Crippen molar-refractivity contribution in [3.05, 3.63) is 87.5 Å². The number of piperidine rings is 1. The maximum absolute atomic E-state index is 13.9. The number of sulfonamides is 1. The highest BCUT2D eigenvalue weighted by Gasteiger charge is 2.35. The van der Waals surface area contributed by atoms with E-state index in [0.717, 1.165) is 49.7 Å². The van der Waals surface area contributed by atoms with Crippen LogP contribution in [0.2, 0.25) is 0 Å². The van der Waals surface area contributed by atoms with Crippen LogP contribution in [0.5, 0.6) is 0 Å². The van der Waals surface area contributed by atoms with Crippen molar-refractivity contribution in [1.29, 1.82) is 0 Å². The number of carbonyl (C=O) groups is 2. The van der Waals surface area contributed by atoms with Gasteiger partial charge in [0.25, 0.3) is 10.0 Å². The van der Waals surface area contributed by atoms with Crippen LogP contribution < -0.4 is 0 Å². The maximum atomic E-state index is 13.9. The predicted molar refractivity (Wildman–Crippen MR) is 173 cm³/mol. The van der Waals surface area contributed by atoms with E-state index in [0.29, 0.717) is 48.7 Å². The molecule has 44 heavy (non-hydrogen) atoms.